The van der Waals surface area contributed by atoms with Gasteiger partial charge in [-0.05, 0) is 12.1 Å². The van der Waals surface area contributed by atoms with Crippen LogP contribution in [-0.2, 0) is 4.84 Å². The first kappa shape index (κ1) is 12.0. The predicted molar refractivity (Wildman–Crippen MR) is 55.6 cm³/mol. The van der Waals surface area contributed by atoms with Gasteiger partial charge in [0.15, 0.2) is 0 Å². The Balaban J connectivity index is 2.65. The fraction of sp³-hybridized carbons (Fsp3) is 0.200. The van der Waals surface area contributed by atoms with Gasteiger partial charge in [-0.1, -0.05) is 18.2 Å². The van der Waals surface area contributed by atoms with Gasteiger partial charge < -0.3 is 15.7 Å². The normalized spacial score (nSPS) is 9.56. The molecule has 0 saturated carbocycles. The minimum Gasteiger partial charge on any atom is -0.463 e. The first-order valence-corrected chi connectivity index (χ1v) is 4.63. The van der Waals surface area contributed by atoms with E-state index in [2.05, 4.69) is 4.84 Å². The Kier molecular flexibility index (Phi) is 4.28. The molecule has 0 fully saturated rings. The van der Waals surface area contributed by atoms with Crippen LogP contribution < -0.4 is 5.73 Å². The number of nitrogens with two attached hydrogens (primary N) is 1. The lowest BCUT2D eigenvalue weighted by atomic mass is 10.2. The minimum absolute atomic E-state index is 0.0616. The Morgan fingerprint density at radius 1 is 1.31 bits per heavy atom. The number of amides is 1. The van der Waals surface area contributed by atoms with E-state index < -0.39 is 12.1 Å². The Hall–Kier alpha value is -2.08. The molecule has 16 heavy (non-hydrogen) atoms. The second-order valence-corrected chi connectivity index (χ2v) is 2.92. The van der Waals surface area contributed by atoms with Crippen LogP contribution in [0.25, 0.3) is 0 Å². The van der Waals surface area contributed by atoms with Gasteiger partial charge >= 0.3 is 12.1 Å². The molecular formula is C10H12N2O4. The Labute approximate surface area is 92.2 Å². The minimum atomic E-state index is -1.35. The summed E-state index contributed by atoms with van der Waals surface area (Å²) < 4.78 is 0. The van der Waals surface area contributed by atoms with Gasteiger partial charge in [0.05, 0.1) is 12.1 Å². The van der Waals surface area contributed by atoms with E-state index in [1.165, 1.54) is 12.1 Å². The highest BCUT2D eigenvalue weighted by molar-refractivity contribution is 5.89. The zero-order valence-corrected chi connectivity index (χ0v) is 8.50. The summed E-state index contributed by atoms with van der Waals surface area (Å²) in [5.41, 5.74) is 5.47. The first-order chi connectivity index (χ1) is 7.65. The van der Waals surface area contributed by atoms with Gasteiger partial charge in [-0.2, -0.15) is 0 Å². The molecule has 6 nitrogen and oxygen atoms in total. The maximum absolute atomic E-state index is 11.5. The van der Waals surface area contributed by atoms with E-state index in [9.17, 15) is 9.59 Å². The van der Waals surface area contributed by atoms with Crippen molar-refractivity contribution in [3.05, 3.63) is 35.9 Å². The third-order valence-corrected chi connectivity index (χ3v) is 1.75. The van der Waals surface area contributed by atoms with Gasteiger partial charge in [0.2, 0.25) is 0 Å². The number of carboxylic acid groups (broad SMARTS) is 1. The van der Waals surface area contributed by atoms with Gasteiger partial charge in [-0.3, -0.25) is 0 Å². The predicted octanol–water partition coefficient (Wildman–Crippen LogP) is 0.697. The molecule has 0 spiro atoms. The highest BCUT2D eigenvalue weighted by Crippen LogP contribution is 2.03. The molecule has 0 aromatic heterocycles. The maximum Gasteiger partial charge on any atom is 0.440 e. The Bertz CT molecular complexity index is 366. The molecule has 1 amide bonds. The first-order valence-electron chi connectivity index (χ1n) is 4.63. The second kappa shape index (κ2) is 5.72. The van der Waals surface area contributed by atoms with Crippen molar-refractivity contribution in [3.8, 4) is 0 Å². The summed E-state index contributed by atoms with van der Waals surface area (Å²) in [7, 11) is 0. The molecule has 0 aliphatic carbocycles. The number of benzene rings is 1. The summed E-state index contributed by atoms with van der Waals surface area (Å²) in [5.74, 6) is -0.726. The van der Waals surface area contributed by atoms with Crippen LogP contribution in [0.3, 0.4) is 0 Å². The lowest BCUT2D eigenvalue weighted by Gasteiger charge is -2.16. The number of carbonyl (C=O) groups is 2. The van der Waals surface area contributed by atoms with Crippen LogP contribution in [0.4, 0.5) is 4.79 Å². The molecule has 0 saturated heterocycles. The molecule has 0 aliphatic heterocycles. The zero-order valence-electron chi connectivity index (χ0n) is 8.50. The number of nitrogens with zero attached hydrogens (tertiary/aromatic N) is 1. The molecule has 0 unspecified atom stereocenters. The average Bonchev–Trinajstić information content (AvgIpc) is 2.29. The lowest BCUT2D eigenvalue weighted by Crippen LogP contribution is -2.36. The lowest BCUT2D eigenvalue weighted by molar-refractivity contribution is -0.0850. The van der Waals surface area contributed by atoms with Crippen molar-refractivity contribution < 1.29 is 19.5 Å². The van der Waals surface area contributed by atoms with Crippen LogP contribution in [0.5, 0.6) is 0 Å². The van der Waals surface area contributed by atoms with E-state index in [4.69, 9.17) is 10.8 Å². The van der Waals surface area contributed by atoms with Gasteiger partial charge in [-0.15, -0.1) is 5.06 Å². The maximum atomic E-state index is 11.5. The van der Waals surface area contributed by atoms with Crippen molar-refractivity contribution in [2.45, 2.75) is 0 Å². The van der Waals surface area contributed by atoms with Crippen molar-refractivity contribution in [2.75, 3.05) is 13.1 Å². The fourth-order valence-electron chi connectivity index (χ4n) is 1.02. The van der Waals surface area contributed by atoms with E-state index in [-0.39, 0.29) is 18.7 Å². The summed E-state index contributed by atoms with van der Waals surface area (Å²) >= 11 is 0. The van der Waals surface area contributed by atoms with Gasteiger partial charge in [0, 0.05) is 6.54 Å². The molecule has 0 radical (unpaired) electrons. The number of carbonyl (C=O) groups excluding carboxylic acids is 1. The van der Waals surface area contributed by atoms with E-state index >= 15 is 0 Å². The fourth-order valence-corrected chi connectivity index (χ4v) is 1.02. The van der Waals surface area contributed by atoms with Crippen molar-refractivity contribution in [2.24, 2.45) is 5.73 Å². The van der Waals surface area contributed by atoms with E-state index in [1.54, 1.807) is 18.2 Å². The van der Waals surface area contributed by atoms with Gasteiger partial charge in [-0.25, -0.2) is 9.59 Å². The average molecular weight is 224 g/mol. The molecule has 3 N–H and O–H groups in total. The molecule has 0 aliphatic rings. The quantitative estimate of drug-likeness (QED) is 0.737. The monoisotopic (exact) mass is 224 g/mol. The van der Waals surface area contributed by atoms with Crippen LogP contribution in [0, 0.1) is 0 Å². The highest BCUT2D eigenvalue weighted by Gasteiger charge is 2.17. The highest BCUT2D eigenvalue weighted by atomic mass is 16.7. The van der Waals surface area contributed by atoms with Crippen LogP contribution in [0.15, 0.2) is 30.3 Å². The molecule has 1 aromatic rings. The summed E-state index contributed by atoms with van der Waals surface area (Å²) in [4.78, 5) is 26.8. The summed E-state index contributed by atoms with van der Waals surface area (Å²) in [5, 5.41) is 9.20. The summed E-state index contributed by atoms with van der Waals surface area (Å²) in [6, 6.07) is 8.12. The zero-order chi connectivity index (χ0) is 12.0. The van der Waals surface area contributed by atoms with Crippen molar-refractivity contribution >= 4 is 12.1 Å². The van der Waals surface area contributed by atoms with E-state index in [0.29, 0.717) is 5.06 Å². The largest absolute Gasteiger partial charge is 0.463 e. The molecular weight excluding hydrogens is 212 g/mol. The molecule has 1 rings (SSSR count). The Morgan fingerprint density at radius 3 is 2.44 bits per heavy atom. The Morgan fingerprint density at radius 2 is 1.94 bits per heavy atom. The van der Waals surface area contributed by atoms with Crippen LogP contribution in [-0.4, -0.2) is 35.3 Å². The van der Waals surface area contributed by atoms with E-state index in [0.717, 1.165) is 0 Å². The number of rotatable bonds is 3. The van der Waals surface area contributed by atoms with Crippen molar-refractivity contribution in [1.82, 2.24) is 5.06 Å². The van der Waals surface area contributed by atoms with Crippen LogP contribution >= 0.6 is 0 Å². The number of hydroxylamine groups is 2. The third-order valence-electron chi connectivity index (χ3n) is 1.75. The van der Waals surface area contributed by atoms with Gasteiger partial charge in [0.1, 0.15) is 0 Å². The van der Waals surface area contributed by atoms with Crippen molar-refractivity contribution in [1.29, 1.82) is 0 Å². The second-order valence-electron chi connectivity index (χ2n) is 2.92. The molecule has 0 bridgehead atoms. The van der Waals surface area contributed by atoms with Crippen molar-refractivity contribution in [3.63, 3.8) is 0 Å². The molecule has 0 heterocycles. The van der Waals surface area contributed by atoms with Crippen LogP contribution in [0.2, 0.25) is 0 Å². The van der Waals surface area contributed by atoms with E-state index in [1.807, 2.05) is 0 Å². The molecule has 6 heteroatoms. The van der Waals surface area contributed by atoms with Crippen LogP contribution in [0.1, 0.15) is 10.4 Å². The number of hydrogen-bond donors (Lipinski definition) is 2. The molecule has 0 atom stereocenters. The third kappa shape index (κ3) is 3.25. The summed E-state index contributed by atoms with van der Waals surface area (Å²) in [6.45, 7) is 0.0161. The summed E-state index contributed by atoms with van der Waals surface area (Å²) in [6.07, 6.45) is -1.35. The molecule has 86 valence electrons. The SMILES string of the molecule is NCCN(OC(=O)c1ccccc1)C(=O)O. The standard InChI is InChI=1S/C10H12N2O4/c11-6-7-12(10(14)15)16-9(13)8-4-2-1-3-5-8/h1-5H,6-7,11H2,(H,14,15). The number of hydrogen-bond acceptors (Lipinski definition) is 4. The smallest absolute Gasteiger partial charge is 0.440 e. The topological polar surface area (TPSA) is 92.9 Å². The molecule has 1 aromatic carbocycles. The van der Waals surface area contributed by atoms with Gasteiger partial charge in [0.25, 0.3) is 0 Å².